The normalized spacial score (nSPS) is 10.0. The van der Waals surface area contributed by atoms with Crippen molar-refractivity contribution in [3.05, 3.63) is 48.5 Å². The Balaban J connectivity index is 2.15. The quantitative estimate of drug-likeness (QED) is 0.876. The minimum absolute atomic E-state index is 0.321. The Hall–Kier alpha value is -2.10. The van der Waals surface area contributed by atoms with E-state index in [0.717, 1.165) is 12.2 Å². The molecule has 0 unspecified atom stereocenters. The Labute approximate surface area is 99.3 Å². The number of aromatic nitrogens is 1. The summed E-state index contributed by atoms with van der Waals surface area (Å²) in [6.07, 6.45) is 3.30. The lowest BCUT2D eigenvalue weighted by atomic mass is 10.3. The third-order valence-electron chi connectivity index (χ3n) is 2.13. The van der Waals surface area contributed by atoms with E-state index < -0.39 is 0 Å². The number of pyridine rings is 1. The molecular formula is C13H13FN2O. The minimum atomic E-state index is -0.321. The highest BCUT2D eigenvalue weighted by Gasteiger charge is 2.00. The Morgan fingerprint density at radius 1 is 1.24 bits per heavy atom. The van der Waals surface area contributed by atoms with Gasteiger partial charge in [0.1, 0.15) is 17.3 Å². The van der Waals surface area contributed by atoms with E-state index in [-0.39, 0.29) is 5.82 Å². The molecule has 17 heavy (non-hydrogen) atoms. The number of nitrogens with one attached hydrogen (secondary N) is 1. The number of nitrogens with zero attached hydrogens (tertiary/aromatic N) is 1. The predicted octanol–water partition coefficient (Wildman–Crippen LogP) is 3.44. The van der Waals surface area contributed by atoms with Gasteiger partial charge in [-0.05, 0) is 19.1 Å². The van der Waals surface area contributed by atoms with Crippen molar-refractivity contribution in [3.63, 3.8) is 0 Å². The van der Waals surface area contributed by atoms with Crippen LogP contribution in [0, 0.1) is 5.82 Å². The molecule has 4 heteroatoms. The van der Waals surface area contributed by atoms with Crippen LogP contribution in [0.5, 0.6) is 11.5 Å². The first kappa shape index (κ1) is 11.4. The molecule has 0 saturated heterocycles. The summed E-state index contributed by atoms with van der Waals surface area (Å²) in [6, 6.07) is 7.83. The summed E-state index contributed by atoms with van der Waals surface area (Å²) in [7, 11) is 0. The van der Waals surface area contributed by atoms with Gasteiger partial charge >= 0.3 is 0 Å². The van der Waals surface area contributed by atoms with Crippen molar-refractivity contribution in [3.8, 4) is 11.5 Å². The maximum Gasteiger partial charge on any atom is 0.147 e. The smallest absolute Gasteiger partial charge is 0.147 e. The van der Waals surface area contributed by atoms with Crippen molar-refractivity contribution in [1.82, 2.24) is 4.98 Å². The number of rotatable bonds is 4. The van der Waals surface area contributed by atoms with Crippen LogP contribution in [0.3, 0.4) is 0 Å². The third-order valence-corrected chi connectivity index (χ3v) is 2.13. The SMILES string of the molecule is CCNc1cncc(Oc2cccc(F)c2)c1. The summed E-state index contributed by atoms with van der Waals surface area (Å²) in [5.74, 6) is 0.716. The van der Waals surface area contributed by atoms with Crippen LogP contribution < -0.4 is 10.1 Å². The van der Waals surface area contributed by atoms with Gasteiger partial charge in [0.15, 0.2) is 0 Å². The molecule has 3 nitrogen and oxygen atoms in total. The molecule has 0 amide bonds. The van der Waals surface area contributed by atoms with Gasteiger partial charge in [-0.25, -0.2) is 4.39 Å². The fourth-order valence-electron chi connectivity index (χ4n) is 1.44. The average molecular weight is 232 g/mol. The van der Waals surface area contributed by atoms with Gasteiger partial charge in [0.25, 0.3) is 0 Å². The van der Waals surface area contributed by atoms with Crippen LogP contribution >= 0.6 is 0 Å². The molecule has 0 aliphatic heterocycles. The zero-order chi connectivity index (χ0) is 12.1. The Bertz CT molecular complexity index is 502. The standard InChI is InChI=1S/C13H13FN2O/c1-2-16-11-7-13(9-15-8-11)17-12-5-3-4-10(14)6-12/h3-9,16H,2H2,1H3. The summed E-state index contributed by atoms with van der Waals surface area (Å²) in [4.78, 5) is 4.04. The van der Waals surface area contributed by atoms with Gasteiger partial charge in [-0.2, -0.15) is 0 Å². The highest BCUT2D eigenvalue weighted by atomic mass is 19.1. The molecule has 0 radical (unpaired) electrons. The van der Waals surface area contributed by atoms with Crippen LogP contribution in [0.1, 0.15) is 6.92 Å². The van der Waals surface area contributed by atoms with E-state index in [1.165, 1.54) is 12.1 Å². The minimum Gasteiger partial charge on any atom is -0.456 e. The second kappa shape index (κ2) is 5.30. The molecule has 0 aliphatic rings. The first-order chi connectivity index (χ1) is 8.28. The van der Waals surface area contributed by atoms with Crippen molar-refractivity contribution >= 4 is 5.69 Å². The van der Waals surface area contributed by atoms with Crippen molar-refractivity contribution < 1.29 is 9.13 Å². The fourth-order valence-corrected chi connectivity index (χ4v) is 1.44. The molecular weight excluding hydrogens is 219 g/mol. The van der Waals surface area contributed by atoms with Crippen LogP contribution in [-0.2, 0) is 0 Å². The van der Waals surface area contributed by atoms with Crippen LogP contribution in [0.4, 0.5) is 10.1 Å². The van der Waals surface area contributed by atoms with E-state index in [1.54, 1.807) is 24.5 Å². The van der Waals surface area contributed by atoms with Crippen LogP contribution in [0.2, 0.25) is 0 Å². The molecule has 0 saturated carbocycles. The third kappa shape index (κ3) is 3.17. The summed E-state index contributed by atoms with van der Waals surface area (Å²) in [5.41, 5.74) is 0.876. The number of benzene rings is 1. The van der Waals surface area contributed by atoms with Gasteiger partial charge in [-0.3, -0.25) is 4.98 Å². The van der Waals surface area contributed by atoms with Crippen molar-refractivity contribution in [1.29, 1.82) is 0 Å². The van der Waals surface area contributed by atoms with Crippen molar-refractivity contribution in [2.45, 2.75) is 6.92 Å². The first-order valence-electron chi connectivity index (χ1n) is 5.40. The molecule has 1 aromatic carbocycles. The van der Waals surface area contributed by atoms with E-state index in [0.29, 0.717) is 11.5 Å². The highest BCUT2D eigenvalue weighted by molar-refractivity contribution is 5.46. The van der Waals surface area contributed by atoms with E-state index in [2.05, 4.69) is 10.3 Å². The van der Waals surface area contributed by atoms with Crippen LogP contribution in [0.15, 0.2) is 42.7 Å². The second-order valence-electron chi connectivity index (χ2n) is 3.50. The molecule has 2 rings (SSSR count). The topological polar surface area (TPSA) is 34.2 Å². The molecule has 0 atom stereocenters. The molecule has 1 heterocycles. The van der Waals surface area contributed by atoms with Gasteiger partial charge in [-0.1, -0.05) is 6.07 Å². The molecule has 0 aliphatic carbocycles. The van der Waals surface area contributed by atoms with Crippen molar-refractivity contribution in [2.75, 3.05) is 11.9 Å². The van der Waals surface area contributed by atoms with Gasteiger partial charge < -0.3 is 10.1 Å². The van der Waals surface area contributed by atoms with Crippen LogP contribution in [0.25, 0.3) is 0 Å². The van der Waals surface area contributed by atoms with Gasteiger partial charge in [-0.15, -0.1) is 0 Å². The summed E-state index contributed by atoms with van der Waals surface area (Å²) < 4.78 is 18.5. The lowest BCUT2D eigenvalue weighted by Crippen LogP contribution is -1.97. The zero-order valence-corrected chi connectivity index (χ0v) is 9.48. The van der Waals surface area contributed by atoms with E-state index in [9.17, 15) is 4.39 Å². The largest absolute Gasteiger partial charge is 0.456 e. The average Bonchev–Trinajstić information content (AvgIpc) is 2.30. The molecule has 1 aromatic heterocycles. The van der Waals surface area contributed by atoms with Gasteiger partial charge in [0.05, 0.1) is 18.1 Å². The van der Waals surface area contributed by atoms with Crippen LogP contribution in [-0.4, -0.2) is 11.5 Å². The monoisotopic (exact) mass is 232 g/mol. The first-order valence-corrected chi connectivity index (χ1v) is 5.40. The summed E-state index contributed by atoms with van der Waals surface area (Å²) in [5, 5.41) is 3.13. The molecule has 88 valence electrons. The fraction of sp³-hybridized carbons (Fsp3) is 0.154. The van der Waals surface area contributed by atoms with Gasteiger partial charge in [0.2, 0.25) is 0 Å². The Kier molecular flexibility index (Phi) is 3.55. The second-order valence-corrected chi connectivity index (χ2v) is 3.50. The Morgan fingerprint density at radius 2 is 2.12 bits per heavy atom. The number of hydrogen-bond donors (Lipinski definition) is 1. The van der Waals surface area contributed by atoms with E-state index >= 15 is 0 Å². The number of halogens is 1. The molecule has 2 aromatic rings. The predicted molar refractivity (Wildman–Crippen MR) is 64.9 cm³/mol. The van der Waals surface area contributed by atoms with Gasteiger partial charge in [0, 0.05) is 18.7 Å². The summed E-state index contributed by atoms with van der Waals surface area (Å²) in [6.45, 7) is 2.81. The lowest BCUT2D eigenvalue weighted by Gasteiger charge is -2.07. The maximum atomic E-state index is 13.0. The zero-order valence-electron chi connectivity index (χ0n) is 9.48. The van der Waals surface area contributed by atoms with Crippen molar-refractivity contribution in [2.24, 2.45) is 0 Å². The molecule has 0 spiro atoms. The number of anilines is 1. The highest BCUT2D eigenvalue weighted by Crippen LogP contribution is 2.23. The Morgan fingerprint density at radius 3 is 2.88 bits per heavy atom. The maximum absolute atomic E-state index is 13.0. The number of ether oxygens (including phenoxy) is 1. The van der Waals surface area contributed by atoms with E-state index in [4.69, 9.17) is 4.74 Å². The summed E-state index contributed by atoms with van der Waals surface area (Å²) >= 11 is 0. The molecule has 0 bridgehead atoms. The van der Waals surface area contributed by atoms with E-state index in [1.807, 2.05) is 13.0 Å². The number of hydrogen-bond acceptors (Lipinski definition) is 3. The molecule has 0 fully saturated rings. The molecule has 1 N–H and O–H groups in total. The lowest BCUT2D eigenvalue weighted by molar-refractivity contribution is 0.475.